The molecule has 30 heavy (non-hydrogen) atoms. The maximum absolute atomic E-state index is 12.4. The molecule has 2 atom stereocenters. The van der Waals surface area contributed by atoms with Gasteiger partial charge in [0.2, 0.25) is 11.8 Å². The van der Waals surface area contributed by atoms with Gasteiger partial charge in [0.15, 0.2) is 6.61 Å². The lowest BCUT2D eigenvalue weighted by Gasteiger charge is -2.19. The fraction of sp³-hybridized carbons (Fsp3) is 0.565. The molecule has 0 spiro atoms. The first-order valence-electron chi connectivity index (χ1n) is 10.6. The van der Waals surface area contributed by atoms with E-state index in [1.54, 1.807) is 0 Å². The van der Waals surface area contributed by atoms with Crippen LogP contribution in [0.15, 0.2) is 24.3 Å². The van der Waals surface area contributed by atoms with Crippen molar-refractivity contribution >= 4 is 29.4 Å². The monoisotopic (exact) mass is 414 g/mol. The van der Waals surface area contributed by atoms with Crippen molar-refractivity contribution in [3.8, 4) is 0 Å². The highest BCUT2D eigenvalue weighted by molar-refractivity contribution is 6.05. The molecule has 0 bridgehead atoms. The van der Waals surface area contributed by atoms with Gasteiger partial charge in [-0.25, -0.2) is 0 Å². The number of hydrogen-bond acceptors (Lipinski definition) is 5. The van der Waals surface area contributed by atoms with Crippen LogP contribution in [0, 0.1) is 11.8 Å². The van der Waals surface area contributed by atoms with Gasteiger partial charge in [-0.15, -0.1) is 0 Å². The van der Waals surface area contributed by atoms with Crippen molar-refractivity contribution in [2.75, 3.05) is 18.5 Å². The molecular formula is C23H30N2O5. The highest BCUT2D eigenvalue weighted by atomic mass is 16.5. The number of amides is 3. The van der Waals surface area contributed by atoms with Crippen molar-refractivity contribution < 1.29 is 23.9 Å². The van der Waals surface area contributed by atoms with E-state index in [0.29, 0.717) is 5.69 Å². The zero-order valence-corrected chi connectivity index (χ0v) is 17.9. The van der Waals surface area contributed by atoms with E-state index in [2.05, 4.69) is 26.1 Å². The third-order valence-corrected chi connectivity index (χ3v) is 5.87. The Morgan fingerprint density at radius 1 is 1.03 bits per heavy atom. The van der Waals surface area contributed by atoms with E-state index in [-0.39, 0.29) is 42.0 Å². The first-order valence-corrected chi connectivity index (χ1v) is 10.6. The largest absolute Gasteiger partial charge is 0.456 e. The lowest BCUT2D eigenvalue weighted by Crippen LogP contribution is -2.33. The Kier molecular flexibility index (Phi) is 6.58. The highest BCUT2D eigenvalue weighted by Gasteiger charge is 2.47. The SMILES string of the molecule is CC(C)(C)c1ccc(NC(=O)COC(=O)CCN2C(=O)[C@H]3CCCC[C@H]3C2=O)cc1. The summed E-state index contributed by atoms with van der Waals surface area (Å²) in [6.07, 6.45) is 3.30. The van der Waals surface area contributed by atoms with Gasteiger partial charge in [-0.1, -0.05) is 45.7 Å². The average molecular weight is 415 g/mol. The summed E-state index contributed by atoms with van der Waals surface area (Å²) in [5.41, 5.74) is 1.80. The Hall–Kier alpha value is -2.70. The smallest absolute Gasteiger partial charge is 0.308 e. The molecule has 1 aliphatic heterocycles. The Labute approximate surface area is 177 Å². The molecule has 1 saturated heterocycles. The number of benzene rings is 1. The molecule has 2 aliphatic rings. The van der Waals surface area contributed by atoms with Crippen LogP contribution in [0.5, 0.6) is 0 Å². The summed E-state index contributed by atoms with van der Waals surface area (Å²) in [5.74, 6) is -1.84. The number of imide groups is 1. The number of hydrogen-bond donors (Lipinski definition) is 1. The van der Waals surface area contributed by atoms with E-state index in [9.17, 15) is 19.2 Å². The van der Waals surface area contributed by atoms with Gasteiger partial charge in [0.1, 0.15) is 0 Å². The van der Waals surface area contributed by atoms with Crippen molar-refractivity contribution in [1.82, 2.24) is 4.90 Å². The van der Waals surface area contributed by atoms with E-state index < -0.39 is 18.5 Å². The maximum atomic E-state index is 12.4. The molecule has 0 aromatic heterocycles. The van der Waals surface area contributed by atoms with Gasteiger partial charge in [0.25, 0.3) is 5.91 Å². The summed E-state index contributed by atoms with van der Waals surface area (Å²) >= 11 is 0. The van der Waals surface area contributed by atoms with Gasteiger partial charge in [-0.2, -0.15) is 0 Å². The molecule has 1 aliphatic carbocycles. The second-order valence-corrected chi connectivity index (χ2v) is 9.11. The molecule has 2 fully saturated rings. The van der Waals surface area contributed by atoms with Crippen LogP contribution >= 0.6 is 0 Å². The van der Waals surface area contributed by atoms with Gasteiger partial charge in [0.05, 0.1) is 18.3 Å². The van der Waals surface area contributed by atoms with Crippen LogP contribution in [0.4, 0.5) is 5.69 Å². The van der Waals surface area contributed by atoms with Crippen LogP contribution in [0.2, 0.25) is 0 Å². The molecular weight excluding hydrogens is 384 g/mol. The van der Waals surface area contributed by atoms with Crippen LogP contribution in [0.25, 0.3) is 0 Å². The van der Waals surface area contributed by atoms with Gasteiger partial charge in [0, 0.05) is 12.2 Å². The highest BCUT2D eigenvalue weighted by Crippen LogP contribution is 2.38. The van der Waals surface area contributed by atoms with Gasteiger partial charge >= 0.3 is 5.97 Å². The number of ether oxygens (including phenoxy) is 1. The van der Waals surface area contributed by atoms with Gasteiger partial charge in [-0.3, -0.25) is 24.1 Å². The summed E-state index contributed by atoms with van der Waals surface area (Å²) in [4.78, 5) is 50.0. The predicted octanol–water partition coefficient (Wildman–Crippen LogP) is 3.03. The Bertz CT molecular complexity index is 801. The minimum Gasteiger partial charge on any atom is -0.456 e. The molecule has 7 heteroatoms. The van der Waals surface area contributed by atoms with Crippen LogP contribution in [-0.4, -0.2) is 41.7 Å². The summed E-state index contributed by atoms with van der Waals surface area (Å²) < 4.78 is 5.00. The summed E-state index contributed by atoms with van der Waals surface area (Å²) in [6.45, 7) is 5.93. The van der Waals surface area contributed by atoms with E-state index in [1.807, 2.05) is 24.3 Å². The van der Waals surface area contributed by atoms with E-state index in [1.165, 1.54) is 4.90 Å². The molecule has 1 aromatic carbocycles. The standard InChI is InChI=1S/C23H30N2O5/c1-23(2,3)15-8-10-16(11-9-15)24-19(26)14-30-20(27)12-13-25-21(28)17-6-4-5-7-18(17)22(25)29/h8-11,17-18H,4-7,12-14H2,1-3H3,(H,24,26)/t17-,18+. The molecule has 0 radical (unpaired) electrons. The predicted molar refractivity (Wildman–Crippen MR) is 112 cm³/mol. The van der Waals surface area contributed by atoms with Crippen LogP contribution in [0.3, 0.4) is 0 Å². The Morgan fingerprint density at radius 3 is 2.13 bits per heavy atom. The number of carbonyl (C=O) groups is 4. The molecule has 7 nitrogen and oxygen atoms in total. The van der Waals surface area contributed by atoms with Crippen LogP contribution in [0.1, 0.15) is 58.4 Å². The summed E-state index contributed by atoms with van der Waals surface area (Å²) in [5, 5.41) is 2.69. The van der Waals surface area contributed by atoms with Crippen molar-refractivity contribution in [1.29, 1.82) is 0 Å². The molecule has 162 valence electrons. The molecule has 1 heterocycles. The van der Waals surface area contributed by atoms with Crippen molar-refractivity contribution in [2.45, 2.75) is 58.3 Å². The first-order chi connectivity index (χ1) is 14.2. The van der Waals surface area contributed by atoms with Gasteiger partial charge in [-0.05, 0) is 36.0 Å². The number of likely N-dealkylation sites (tertiary alicyclic amines) is 1. The molecule has 0 unspecified atom stereocenters. The molecule has 1 aromatic rings. The number of esters is 1. The maximum Gasteiger partial charge on any atom is 0.308 e. The van der Waals surface area contributed by atoms with Gasteiger partial charge < -0.3 is 10.1 Å². The second kappa shape index (κ2) is 8.98. The molecule has 1 saturated carbocycles. The third kappa shape index (κ3) is 5.07. The normalized spacial score (nSPS) is 21.4. The number of nitrogens with one attached hydrogen (secondary N) is 1. The first kappa shape index (κ1) is 22.0. The lowest BCUT2D eigenvalue weighted by atomic mass is 9.81. The van der Waals surface area contributed by atoms with E-state index in [0.717, 1.165) is 31.2 Å². The topological polar surface area (TPSA) is 92.8 Å². The number of carbonyl (C=O) groups excluding carboxylic acids is 4. The summed E-state index contributed by atoms with van der Waals surface area (Å²) in [7, 11) is 0. The van der Waals surface area contributed by atoms with Crippen LogP contribution < -0.4 is 5.32 Å². The summed E-state index contributed by atoms with van der Waals surface area (Å²) in [6, 6.07) is 7.52. The van der Waals surface area contributed by atoms with E-state index in [4.69, 9.17) is 4.74 Å². The second-order valence-electron chi connectivity index (χ2n) is 9.11. The number of nitrogens with zero attached hydrogens (tertiary/aromatic N) is 1. The quantitative estimate of drug-likeness (QED) is 0.571. The average Bonchev–Trinajstić information content (AvgIpc) is 2.95. The van der Waals surface area contributed by atoms with E-state index >= 15 is 0 Å². The van der Waals surface area contributed by atoms with Crippen molar-refractivity contribution in [3.63, 3.8) is 0 Å². The van der Waals surface area contributed by atoms with Crippen molar-refractivity contribution in [3.05, 3.63) is 29.8 Å². The lowest BCUT2D eigenvalue weighted by molar-refractivity contribution is -0.148. The Balaban J connectivity index is 1.42. The van der Waals surface area contributed by atoms with Crippen molar-refractivity contribution in [2.24, 2.45) is 11.8 Å². The fourth-order valence-corrected chi connectivity index (χ4v) is 4.12. The minimum absolute atomic E-state index is 0.0133. The minimum atomic E-state index is -0.608. The fourth-order valence-electron chi connectivity index (χ4n) is 4.12. The molecule has 1 N–H and O–H groups in total. The van der Waals surface area contributed by atoms with Crippen LogP contribution in [-0.2, 0) is 29.3 Å². The zero-order chi connectivity index (χ0) is 21.9. The molecule has 3 rings (SSSR count). The third-order valence-electron chi connectivity index (χ3n) is 5.87. The number of anilines is 1. The number of rotatable bonds is 6. The Morgan fingerprint density at radius 2 is 1.60 bits per heavy atom. The molecule has 3 amide bonds. The zero-order valence-electron chi connectivity index (χ0n) is 17.9. The number of fused-ring (bicyclic) bond motifs is 1.